The molecule has 0 bridgehead atoms. The zero-order valence-electron chi connectivity index (χ0n) is 19.3. The third-order valence-corrected chi connectivity index (χ3v) is 5.79. The van der Waals surface area contributed by atoms with E-state index in [1.807, 2.05) is 27.7 Å². The molecule has 0 amide bonds. The molecule has 0 spiro atoms. The zero-order chi connectivity index (χ0) is 24.0. The Kier molecular flexibility index (Phi) is 5.71. The Morgan fingerprint density at radius 3 is 2.36 bits per heavy atom. The summed E-state index contributed by atoms with van der Waals surface area (Å²) in [6.45, 7) is 8.20. The molecule has 1 aliphatic heterocycles. The van der Waals surface area contributed by atoms with Crippen LogP contribution in [0.4, 0.5) is 8.78 Å². The number of rotatable bonds is 4. The maximum absolute atomic E-state index is 14.5. The molecule has 0 radical (unpaired) electrons. The lowest BCUT2D eigenvalue weighted by atomic mass is 9.79. The van der Waals surface area contributed by atoms with E-state index in [1.165, 1.54) is 7.11 Å². The van der Waals surface area contributed by atoms with Crippen LogP contribution in [0.5, 0.6) is 5.88 Å². The number of imidazole rings is 1. The van der Waals surface area contributed by atoms with Crippen LogP contribution in [0.2, 0.25) is 0 Å². The number of aromatic nitrogens is 3. The molecule has 6 nitrogen and oxygen atoms in total. The normalized spacial score (nSPS) is 17.5. The van der Waals surface area contributed by atoms with Gasteiger partial charge in [-0.05, 0) is 64.8 Å². The van der Waals surface area contributed by atoms with Gasteiger partial charge in [0, 0.05) is 18.3 Å². The van der Waals surface area contributed by atoms with E-state index in [-0.39, 0.29) is 22.8 Å². The molecule has 172 valence electrons. The average molecular weight is 453 g/mol. The molecule has 1 aromatic carbocycles. The van der Waals surface area contributed by atoms with E-state index in [9.17, 15) is 8.78 Å². The van der Waals surface area contributed by atoms with Gasteiger partial charge >= 0.3 is 0 Å². The first-order valence-corrected chi connectivity index (χ1v) is 10.7. The fourth-order valence-corrected chi connectivity index (χ4v) is 4.81. The fraction of sp³-hybridized carbons (Fsp3) is 0.400. The first-order chi connectivity index (χ1) is 15.5. The van der Waals surface area contributed by atoms with Crippen molar-refractivity contribution in [2.75, 3.05) is 7.11 Å². The lowest BCUT2D eigenvalue weighted by molar-refractivity contribution is -0.162. The second kappa shape index (κ2) is 8.23. The Hall–Kier alpha value is -3.31. The molecule has 0 saturated carbocycles. The largest absolute Gasteiger partial charge is 0.480 e. The number of hydrogen-bond acceptors (Lipinski definition) is 5. The predicted octanol–water partition coefficient (Wildman–Crippen LogP) is 5.54. The minimum absolute atomic E-state index is 0.0690. The average Bonchev–Trinajstić information content (AvgIpc) is 3.16. The van der Waals surface area contributed by atoms with Crippen LogP contribution in [0.15, 0.2) is 36.7 Å². The summed E-state index contributed by atoms with van der Waals surface area (Å²) in [5.41, 5.74) is 0.263. The first kappa shape index (κ1) is 22.9. The molecule has 0 unspecified atom stereocenters. The summed E-state index contributed by atoms with van der Waals surface area (Å²) in [6.07, 6.45) is 4.88. The number of ether oxygens (including phenoxy) is 2. The number of halogens is 2. The molecule has 1 saturated heterocycles. The van der Waals surface area contributed by atoms with Gasteiger partial charge in [0.05, 0.1) is 35.3 Å². The van der Waals surface area contributed by atoms with Crippen LogP contribution in [0.25, 0.3) is 17.1 Å². The Morgan fingerprint density at radius 1 is 1.15 bits per heavy atom. The minimum Gasteiger partial charge on any atom is -0.480 e. The fourth-order valence-electron chi connectivity index (χ4n) is 4.81. The highest BCUT2D eigenvalue weighted by Gasteiger charge is 2.41. The summed E-state index contributed by atoms with van der Waals surface area (Å²) in [7, 11) is 1.50. The van der Waals surface area contributed by atoms with E-state index in [1.54, 1.807) is 35.2 Å². The van der Waals surface area contributed by atoms with E-state index in [2.05, 4.69) is 4.98 Å². The van der Waals surface area contributed by atoms with E-state index >= 15 is 0 Å². The van der Waals surface area contributed by atoms with Gasteiger partial charge in [-0.1, -0.05) is 0 Å². The van der Waals surface area contributed by atoms with E-state index in [4.69, 9.17) is 19.7 Å². The van der Waals surface area contributed by atoms with Gasteiger partial charge in [-0.2, -0.15) is 5.26 Å². The molecule has 0 N–H and O–H groups in total. The zero-order valence-corrected chi connectivity index (χ0v) is 19.3. The van der Waals surface area contributed by atoms with Crippen molar-refractivity contribution >= 4 is 0 Å². The van der Waals surface area contributed by atoms with Gasteiger partial charge in [0.25, 0.3) is 0 Å². The maximum Gasteiger partial charge on any atom is 0.224 e. The molecule has 0 atom stereocenters. The van der Waals surface area contributed by atoms with Crippen LogP contribution in [0.3, 0.4) is 0 Å². The van der Waals surface area contributed by atoms with Crippen molar-refractivity contribution < 1.29 is 18.3 Å². The van der Waals surface area contributed by atoms with Crippen molar-refractivity contribution in [1.29, 1.82) is 5.26 Å². The Labute approximate surface area is 191 Å². The van der Waals surface area contributed by atoms with Crippen molar-refractivity contribution in [1.82, 2.24) is 14.5 Å². The van der Waals surface area contributed by atoms with Crippen LogP contribution in [-0.4, -0.2) is 32.8 Å². The highest BCUT2D eigenvalue weighted by molar-refractivity contribution is 5.65. The first-order valence-electron chi connectivity index (χ1n) is 10.7. The van der Waals surface area contributed by atoms with Gasteiger partial charge in [-0.15, -0.1) is 0 Å². The minimum atomic E-state index is -0.930. The van der Waals surface area contributed by atoms with Crippen molar-refractivity contribution in [3.63, 3.8) is 0 Å². The third kappa shape index (κ3) is 4.46. The summed E-state index contributed by atoms with van der Waals surface area (Å²) >= 11 is 0. The number of nitrogens with zero attached hydrogens (tertiary/aromatic N) is 4. The van der Waals surface area contributed by atoms with Crippen LogP contribution < -0.4 is 4.74 Å². The predicted molar refractivity (Wildman–Crippen MR) is 119 cm³/mol. The molecular formula is C25H26F2N4O2. The quantitative estimate of drug-likeness (QED) is 0.519. The topological polar surface area (TPSA) is 73.0 Å². The van der Waals surface area contributed by atoms with E-state index in [0.29, 0.717) is 17.3 Å². The lowest BCUT2D eigenvalue weighted by Gasteiger charge is -2.45. The van der Waals surface area contributed by atoms with E-state index < -0.39 is 17.2 Å². The van der Waals surface area contributed by atoms with Gasteiger partial charge in [0.2, 0.25) is 5.88 Å². The summed E-state index contributed by atoms with van der Waals surface area (Å²) < 4.78 is 42.2. The molecule has 3 aromatic rings. The Bertz CT molecular complexity index is 1200. The Balaban J connectivity index is 1.91. The molecule has 1 aliphatic rings. The molecule has 4 rings (SSSR count). The van der Waals surface area contributed by atoms with Crippen molar-refractivity contribution in [2.24, 2.45) is 0 Å². The molecule has 3 heterocycles. The van der Waals surface area contributed by atoms with Gasteiger partial charge in [0.15, 0.2) is 0 Å². The van der Waals surface area contributed by atoms with Crippen molar-refractivity contribution in [3.8, 4) is 29.0 Å². The van der Waals surface area contributed by atoms with Gasteiger partial charge < -0.3 is 9.47 Å². The maximum atomic E-state index is 14.5. The summed E-state index contributed by atoms with van der Waals surface area (Å²) in [4.78, 5) is 9.15. The molecule has 33 heavy (non-hydrogen) atoms. The monoisotopic (exact) mass is 452 g/mol. The van der Waals surface area contributed by atoms with Crippen LogP contribution in [0.1, 0.15) is 57.7 Å². The smallest absolute Gasteiger partial charge is 0.224 e. The second-order valence-electron chi connectivity index (χ2n) is 9.54. The summed E-state index contributed by atoms with van der Waals surface area (Å²) in [5.74, 6) is -1.00. The number of methoxy groups -OCH3 is 1. The number of hydrogen-bond donors (Lipinski definition) is 0. The molecule has 0 aliphatic carbocycles. The standard InChI is InChI=1S/C25H26F2N4O2/c1-24(2)11-15(12-25(3,4)33-24)21-14-31(16-9-19(26)18(13-28)20(27)10-16)22(30-21)17-7-6-8-29-23(17)32-5/h6-10,14-15H,11-12H2,1-5H3. The highest BCUT2D eigenvalue weighted by atomic mass is 19.1. The number of pyridine rings is 1. The summed E-state index contributed by atoms with van der Waals surface area (Å²) in [5, 5.41) is 9.05. The molecule has 8 heteroatoms. The van der Waals surface area contributed by atoms with Gasteiger partial charge in [-0.25, -0.2) is 18.7 Å². The van der Waals surface area contributed by atoms with Crippen LogP contribution in [0, 0.1) is 23.0 Å². The third-order valence-electron chi connectivity index (χ3n) is 5.79. The van der Waals surface area contributed by atoms with Gasteiger partial charge in [-0.3, -0.25) is 4.57 Å². The molecule has 1 fully saturated rings. The van der Waals surface area contributed by atoms with Gasteiger partial charge in [0.1, 0.15) is 29.1 Å². The number of nitriles is 1. The summed E-state index contributed by atoms with van der Waals surface area (Å²) in [6, 6.07) is 7.38. The second-order valence-corrected chi connectivity index (χ2v) is 9.54. The Morgan fingerprint density at radius 2 is 1.79 bits per heavy atom. The SMILES string of the molecule is COc1ncccc1-c1nc(C2CC(C)(C)OC(C)(C)C2)cn1-c1cc(F)c(C#N)c(F)c1. The van der Waals surface area contributed by atoms with Crippen molar-refractivity contribution in [2.45, 2.75) is 57.7 Å². The van der Waals surface area contributed by atoms with E-state index in [0.717, 1.165) is 30.7 Å². The highest BCUT2D eigenvalue weighted by Crippen LogP contribution is 2.44. The van der Waals surface area contributed by atoms with Crippen LogP contribution in [-0.2, 0) is 4.74 Å². The van der Waals surface area contributed by atoms with Crippen LogP contribution >= 0.6 is 0 Å². The molecule has 2 aromatic heterocycles. The lowest BCUT2D eigenvalue weighted by Crippen LogP contribution is -2.44. The van der Waals surface area contributed by atoms with Crippen molar-refractivity contribution in [3.05, 3.63) is 59.6 Å². The molecular weight excluding hydrogens is 426 g/mol. The number of benzene rings is 1.